The van der Waals surface area contributed by atoms with Crippen LogP contribution < -0.4 is 14.9 Å². The van der Waals surface area contributed by atoms with Crippen molar-refractivity contribution in [1.82, 2.24) is 19.2 Å². The summed E-state index contributed by atoms with van der Waals surface area (Å²) in [6, 6.07) is 18.8. The fourth-order valence-electron chi connectivity index (χ4n) is 3.63. The summed E-state index contributed by atoms with van der Waals surface area (Å²) in [4.78, 5) is 16.2. The van der Waals surface area contributed by atoms with Gasteiger partial charge in [-0.15, -0.1) is 0 Å². The number of aromatic nitrogens is 4. The minimum atomic E-state index is -0.0125. The number of fused-ring (bicyclic) bond motifs is 1. The molecule has 5 rings (SSSR count). The van der Waals surface area contributed by atoms with Crippen LogP contribution in [0, 0.1) is 0 Å². The molecule has 0 unspecified atom stereocenters. The number of pyridine rings is 1. The van der Waals surface area contributed by atoms with Crippen LogP contribution in [0.5, 0.6) is 11.5 Å². The minimum absolute atomic E-state index is 0.0125. The molecule has 7 heteroatoms. The van der Waals surface area contributed by atoms with Crippen molar-refractivity contribution in [3.8, 4) is 39.6 Å². The monoisotopic (exact) mass is 424 g/mol. The summed E-state index contributed by atoms with van der Waals surface area (Å²) in [5.74, 6) is 1.32. The van der Waals surface area contributed by atoms with Gasteiger partial charge < -0.3 is 14.0 Å². The van der Waals surface area contributed by atoms with Gasteiger partial charge in [-0.2, -0.15) is 5.10 Å². The average molecular weight is 424 g/mol. The zero-order valence-corrected chi connectivity index (χ0v) is 17.6. The minimum Gasteiger partial charge on any atom is -0.493 e. The van der Waals surface area contributed by atoms with E-state index in [-0.39, 0.29) is 5.43 Å². The SMILES string of the molecule is COc1ccc(-c2cnn3ccc(-c4ccc(-n5ccc(=O)cc5)cc4)nc23)cc1OC. The maximum atomic E-state index is 11.3. The van der Waals surface area contributed by atoms with Crippen LogP contribution in [0.2, 0.25) is 0 Å². The Morgan fingerprint density at radius 2 is 1.50 bits per heavy atom. The van der Waals surface area contributed by atoms with Crippen LogP contribution in [0.25, 0.3) is 33.7 Å². The van der Waals surface area contributed by atoms with Crippen molar-refractivity contribution in [3.63, 3.8) is 0 Å². The molecule has 3 heterocycles. The van der Waals surface area contributed by atoms with Gasteiger partial charge in [0.1, 0.15) is 0 Å². The molecule has 0 aliphatic heterocycles. The average Bonchev–Trinajstić information content (AvgIpc) is 3.27. The number of benzene rings is 2. The van der Waals surface area contributed by atoms with E-state index in [1.807, 2.05) is 59.3 Å². The molecular formula is C25H20N4O3. The normalized spacial score (nSPS) is 10.9. The highest BCUT2D eigenvalue weighted by Gasteiger charge is 2.13. The van der Waals surface area contributed by atoms with Crippen LogP contribution >= 0.6 is 0 Å². The van der Waals surface area contributed by atoms with Gasteiger partial charge >= 0.3 is 0 Å². The molecule has 0 bridgehead atoms. The number of methoxy groups -OCH3 is 2. The molecule has 7 nitrogen and oxygen atoms in total. The van der Waals surface area contributed by atoms with Gasteiger partial charge in [-0.25, -0.2) is 9.50 Å². The quantitative estimate of drug-likeness (QED) is 0.422. The highest BCUT2D eigenvalue weighted by Crippen LogP contribution is 2.34. The highest BCUT2D eigenvalue weighted by molar-refractivity contribution is 5.80. The predicted molar refractivity (Wildman–Crippen MR) is 123 cm³/mol. The van der Waals surface area contributed by atoms with Gasteiger partial charge in [0.15, 0.2) is 22.6 Å². The zero-order valence-electron chi connectivity index (χ0n) is 17.6. The van der Waals surface area contributed by atoms with E-state index in [1.165, 1.54) is 0 Å². The van der Waals surface area contributed by atoms with E-state index in [9.17, 15) is 4.79 Å². The predicted octanol–water partition coefficient (Wildman–Crippen LogP) is 4.23. The molecule has 0 radical (unpaired) electrons. The van der Waals surface area contributed by atoms with Crippen molar-refractivity contribution >= 4 is 5.65 Å². The fraction of sp³-hybridized carbons (Fsp3) is 0.0800. The van der Waals surface area contributed by atoms with Gasteiger partial charge in [0.2, 0.25) is 0 Å². The molecule has 0 saturated carbocycles. The molecule has 2 aromatic carbocycles. The lowest BCUT2D eigenvalue weighted by molar-refractivity contribution is 0.355. The molecule has 32 heavy (non-hydrogen) atoms. The van der Waals surface area contributed by atoms with Crippen LogP contribution in [0.15, 0.2) is 90.2 Å². The molecule has 0 N–H and O–H groups in total. The van der Waals surface area contributed by atoms with E-state index in [1.54, 1.807) is 49.5 Å². The highest BCUT2D eigenvalue weighted by atomic mass is 16.5. The summed E-state index contributed by atoms with van der Waals surface area (Å²) in [5, 5.41) is 4.44. The first-order valence-electron chi connectivity index (χ1n) is 10.0. The van der Waals surface area contributed by atoms with E-state index < -0.39 is 0 Å². The van der Waals surface area contributed by atoms with Gasteiger partial charge in [-0.3, -0.25) is 4.79 Å². The fourth-order valence-corrected chi connectivity index (χ4v) is 3.63. The second-order valence-corrected chi connectivity index (χ2v) is 7.20. The number of hydrogen-bond donors (Lipinski definition) is 0. The second kappa shape index (κ2) is 8.03. The molecule has 0 aliphatic carbocycles. The standard InChI is InChI=1S/C25H20N4O3/c1-31-23-8-5-18(15-24(23)32-2)21-16-26-29-14-11-22(27-25(21)29)17-3-6-19(7-4-17)28-12-9-20(30)10-13-28/h3-16H,1-2H3. The first-order valence-corrected chi connectivity index (χ1v) is 10.0. The topological polar surface area (TPSA) is 70.7 Å². The van der Waals surface area contributed by atoms with Crippen LogP contribution in [-0.2, 0) is 0 Å². The Bertz CT molecular complexity index is 1450. The summed E-state index contributed by atoms with van der Waals surface area (Å²) >= 11 is 0. The summed E-state index contributed by atoms with van der Waals surface area (Å²) in [7, 11) is 3.23. The Balaban J connectivity index is 1.53. The first kappa shape index (κ1) is 19.6. The Labute approximate surface area is 184 Å². The van der Waals surface area contributed by atoms with E-state index in [2.05, 4.69) is 5.10 Å². The summed E-state index contributed by atoms with van der Waals surface area (Å²) in [5.41, 5.74) is 5.36. The molecular weight excluding hydrogens is 404 g/mol. The maximum absolute atomic E-state index is 11.3. The maximum Gasteiger partial charge on any atom is 0.181 e. The van der Waals surface area contributed by atoms with Crippen molar-refractivity contribution < 1.29 is 9.47 Å². The van der Waals surface area contributed by atoms with Crippen molar-refractivity contribution in [2.75, 3.05) is 14.2 Å². The van der Waals surface area contributed by atoms with Gasteiger partial charge in [0.05, 0.1) is 26.1 Å². The zero-order chi connectivity index (χ0) is 22.1. The first-order chi connectivity index (χ1) is 15.7. The third-order valence-electron chi connectivity index (χ3n) is 5.32. The lowest BCUT2D eigenvalue weighted by atomic mass is 10.1. The lowest BCUT2D eigenvalue weighted by Gasteiger charge is -2.09. The van der Waals surface area contributed by atoms with Crippen molar-refractivity contribution in [1.29, 1.82) is 0 Å². The smallest absolute Gasteiger partial charge is 0.181 e. The molecule has 0 amide bonds. The Hall–Kier alpha value is -4.39. The Morgan fingerprint density at radius 3 is 2.22 bits per heavy atom. The van der Waals surface area contributed by atoms with Crippen LogP contribution in [0.1, 0.15) is 0 Å². The third kappa shape index (κ3) is 3.50. The van der Waals surface area contributed by atoms with E-state index in [4.69, 9.17) is 14.5 Å². The molecule has 5 aromatic rings. The number of rotatable bonds is 5. The van der Waals surface area contributed by atoms with Gasteiger partial charge in [-0.1, -0.05) is 18.2 Å². The van der Waals surface area contributed by atoms with E-state index in [0.717, 1.165) is 33.7 Å². The second-order valence-electron chi connectivity index (χ2n) is 7.20. The van der Waals surface area contributed by atoms with Gasteiger partial charge in [-0.05, 0) is 35.9 Å². The molecule has 3 aromatic heterocycles. The van der Waals surface area contributed by atoms with Crippen molar-refractivity contribution in [3.05, 3.63) is 95.7 Å². The van der Waals surface area contributed by atoms with E-state index in [0.29, 0.717) is 11.5 Å². The van der Waals surface area contributed by atoms with E-state index >= 15 is 0 Å². The van der Waals surface area contributed by atoms with Crippen molar-refractivity contribution in [2.45, 2.75) is 0 Å². The molecule has 0 saturated heterocycles. The number of ether oxygens (including phenoxy) is 2. The summed E-state index contributed by atoms with van der Waals surface area (Å²) in [6.07, 6.45) is 7.21. The van der Waals surface area contributed by atoms with Crippen molar-refractivity contribution in [2.24, 2.45) is 0 Å². The Morgan fingerprint density at radius 1 is 0.781 bits per heavy atom. The largest absolute Gasteiger partial charge is 0.493 e. The number of hydrogen-bond acceptors (Lipinski definition) is 5. The Kier molecular flexibility index (Phi) is 4.91. The molecule has 0 atom stereocenters. The lowest BCUT2D eigenvalue weighted by Crippen LogP contribution is -2.01. The van der Waals surface area contributed by atoms with Crippen LogP contribution in [0.4, 0.5) is 0 Å². The molecule has 0 aliphatic rings. The number of nitrogens with zero attached hydrogens (tertiary/aromatic N) is 4. The molecule has 0 spiro atoms. The third-order valence-corrected chi connectivity index (χ3v) is 5.32. The molecule has 158 valence electrons. The molecule has 0 fully saturated rings. The summed E-state index contributed by atoms with van der Waals surface area (Å²) < 4.78 is 14.4. The van der Waals surface area contributed by atoms with Crippen LogP contribution in [0.3, 0.4) is 0 Å². The van der Waals surface area contributed by atoms with Crippen LogP contribution in [-0.4, -0.2) is 33.4 Å². The summed E-state index contributed by atoms with van der Waals surface area (Å²) in [6.45, 7) is 0. The van der Waals surface area contributed by atoms with Gasteiger partial charge in [0, 0.05) is 47.5 Å². The van der Waals surface area contributed by atoms with Gasteiger partial charge in [0.25, 0.3) is 0 Å².